The summed E-state index contributed by atoms with van der Waals surface area (Å²) >= 11 is 3.39. The van der Waals surface area contributed by atoms with E-state index in [1.807, 2.05) is 76.3 Å². The average molecular weight is 408 g/mol. The topological polar surface area (TPSA) is 46.4 Å². The number of carbonyl (C=O) groups is 1. The van der Waals surface area contributed by atoms with E-state index < -0.39 is 0 Å². The van der Waals surface area contributed by atoms with Gasteiger partial charge in [0.15, 0.2) is 4.96 Å². The Balaban J connectivity index is 1.28. The minimum atomic E-state index is 0.0550. The Kier molecular flexibility index (Phi) is 6.09. The van der Waals surface area contributed by atoms with Crippen LogP contribution in [0.25, 0.3) is 16.2 Å². The molecule has 0 fully saturated rings. The van der Waals surface area contributed by atoms with Crippen LogP contribution in [-0.2, 0) is 11.2 Å². The fraction of sp³-hybridized carbons (Fsp3) is 0.182. The van der Waals surface area contributed by atoms with E-state index in [-0.39, 0.29) is 5.91 Å². The number of nitrogens with one attached hydrogen (secondary N) is 1. The summed E-state index contributed by atoms with van der Waals surface area (Å²) in [6.07, 6.45) is 3.34. The van der Waals surface area contributed by atoms with Crippen molar-refractivity contribution in [2.75, 3.05) is 12.3 Å². The van der Waals surface area contributed by atoms with Crippen molar-refractivity contribution >= 4 is 34.0 Å². The Morgan fingerprint density at radius 1 is 1.07 bits per heavy atom. The lowest BCUT2D eigenvalue weighted by Gasteiger charge is -2.05. The Morgan fingerprint density at radius 2 is 1.82 bits per heavy atom. The van der Waals surface area contributed by atoms with Crippen molar-refractivity contribution in [1.29, 1.82) is 0 Å². The third kappa shape index (κ3) is 4.64. The van der Waals surface area contributed by atoms with Crippen molar-refractivity contribution in [3.05, 3.63) is 77.9 Å². The summed E-state index contributed by atoms with van der Waals surface area (Å²) in [6, 6.07) is 20.4. The quantitative estimate of drug-likeness (QED) is 0.334. The number of fused-ring (bicyclic) bond motifs is 1. The first-order valence-corrected chi connectivity index (χ1v) is 11.1. The SMILES string of the molecule is O=C(Cc1csc2nc(-c3ccccc3)cn12)NCCCSc1ccccc1. The monoisotopic (exact) mass is 407 g/mol. The molecule has 0 saturated heterocycles. The van der Waals surface area contributed by atoms with Crippen molar-refractivity contribution in [3.8, 4) is 11.3 Å². The minimum absolute atomic E-state index is 0.0550. The predicted octanol–water partition coefficient (Wildman–Crippen LogP) is 4.90. The summed E-state index contributed by atoms with van der Waals surface area (Å²) in [5, 5.41) is 5.04. The van der Waals surface area contributed by atoms with Gasteiger partial charge >= 0.3 is 0 Å². The molecule has 0 spiro atoms. The first-order valence-electron chi connectivity index (χ1n) is 9.25. The molecule has 4 nitrogen and oxygen atoms in total. The highest BCUT2D eigenvalue weighted by molar-refractivity contribution is 7.99. The highest BCUT2D eigenvalue weighted by atomic mass is 32.2. The van der Waals surface area contributed by atoms with E-state index in [9.17, 15) is 4.79 Å². The number of rotatable bonds is 8. The normalized spacial score (nSPS) is 11.0. The van der Waals surface area contributed by atoms with Crippen LogP contribution < -0.4 is 5.32 Å². The van der Waals surface area contributed by atoms with Crippen molar-refractivity contribution in [3.63, 3.8) is 0 Å². The highest BCUT2D eigenvalue weighted by Gasteiger charge is 2.12. The van der Waals surface area contributed by atoms with Crippen molar-refractivity contribution in [1.82, 2.24) is 14.7 Å². The molecule has 28 heavy (non-hydrogen) atoms. The van der Waals surface area contributed by atoms with Gasteiger partial charge in [0.05, 0.1) is 12.1 Å². The maximum Gasteiger partial charge on any atom is 0.225 e. The Labute approximate surface area is 172 Å². The molecule has 4 aromatic rings. The van der Waals surface area contributed by atoms with Gasteiger partial charge in [-0.25, -0.2) is 4.98 Å². The third-order valence-electron chi connectivity index (χ3n) is 4.35. The van der Waals surface area contributed by atoms with Gasteiger partial charge in [-0.05, 0) is 24.3 Å². The van der Waals surface area contributed by atoms with Crippen LogP contribution in [0, 0.1) is 0 Å². The molecule has 0 saturated carbocycles. The van der Waals surface area contributed by atoms with Crippen LogP contribution in [0.4, 0.5) is 0 Å². The van der Waals surface area contributed by atoms with E-state index in [1.54, 1.807) is 11.3 Å². The molecule has 0 radical (unpaired) electrons. The number of hydrogen-bond acceptors (Lipinski definition) is 4. The molecule has 2 aromatic carbocycles. The molecule has 2 heterocycles. The van der Waals surface area contributed by atoms with Gasteiger partial charge in [-0.3, -0.25) is 9.20 Å². The van der Waals surface area contributed by atoms with Gasteiger partial charge in [-0.2, -0.15) is 0 Å². The number of hydrogen-bond donors (Lipinski definition) is 1. The average Bonchev–Trinajstić information content (AvgIpc) is 3.31. The molecule has 0 unspecified atom stereocenters. The fourth-order valence-corrected chi connectivity index (χ4v) is 4.69. The van der Waals surface area contributed by atoms with Crippen LogP contribution in [0.3, 0.4) is 0 Å². The molecule has 2 aromatic heterocycles. The molecule has 142 valence electrons. The number of thioether (sulfide) groups is 1. The van der Waals surface area contributed by atoms with E-state index in [1.165, 1.54) is 4.90 Å². The smallest absolute Gasteiger partial charge is 0.225 e. The number of benzene rings is 2. The zero-order chi connectivity index (χ0) is 19.2. The van der Waals surface area contributed by atoms with Gasteiger partial charge in [0.1, 0.15) is 0 Å². The van der Waals surface area contributed by atoms with Gasteiger partial charge in [0.25, 0.3) is 0 Å². The predicted molar refractivity (Wildman–Crippen MR) is 117 cm³/mol. The Bertz CT molecular complexity index is 1040. The molecule has 0 aliphatic rings. The third-order valence-corrected chi connectivity index (χ3v) is 6.34. The number of carbonyl (C=O) groups excluding carboxylic acids is 1. The minimum Gasteiger partial charge on any atom is -0.356 e. The highest BCUT2D eigenvalue weighted by Crippen LogP contribution is 2.23. The van der Waals surface area contributed by atoms with Crippen LogP contribution in [0.2, 0.25) is 0 Å². The van der Waals surface area contributed by atoms with Crippen molar-refractivity contribution in [2.45, 2.75) is 17.7 Å². The van der Waals surface area contributed by atoms with E-state index in [0.29, 0.717) is 13.0 Å². The summed E-state index contributed by atoms with van der Waals surface area (Å²) in [7, 11) is 0. The number of imidazole rings is 1. The van der Waals surface area contributed by atoms with Gasteiger partial charge in [0, 0.05) is 34.3 Å². The Hall–Kier alpha value is -2.57. The molecular weight excluding hydrogens is 386 g/mol. The summed E-state index contributed by atoms with van der Waals surface area (Å²) in [5.41, 5.74) is 3.00. The lowest BCUT2D eigenvalue weighted by Crippen LogP contribution is -2.26. The van der Waals surface area contributed by atoms with E-state index >= 15 is 0 Å². The van der Waals surface area contributed by atoms with Gasteiger partial charge in [-0.15, -0.1) is 23.1 Å². The molecule has 6 heteroatoms. The lowest BCUT2D eigenvalue weighted by atomic mass is 10.2. The standard InChI is InChI=1S/C22H21N3OS2/c26-21(23-12-7-13-27-19-10-5-2-6-11-19)14-18-16-28-22-24-20(15-25(18)22)17-8-3-1-4-9-17/h1-6,8-11,15-16H,7,12-14H2,(H,23,26). The zero-order valence-electron chi connectivity index (χ0n) is 15.4. The number of thiazole rings is 1. The van der Waals surface area contributed by atoms with E-state index in [4.69, 9.17) is 0 Å². The first-order chi connectivity index (χ1) is 13.8. The molecule has 4 rings (SSSR count). The van der Waals surface area contributed by atoms with E-state index in [0.717, 1.165) is 34.1 Å². The molecule has 1 N–H and O–H groups in total. The zero-order valence-corrected chi connectivity index (χ0v) is 17.0. The molecule has 0 bridgehead atoms. The second-order valence-corrected chi connectivity index (χ2v) is 8.42. The fourth-order valence-electron chi connectivity index (χ4n) is 2.94. The van der Waals surface area contributed by atoms with Gasteiger partial charge in [-0.1, -0.05) is 48.5 Å². The molecule has 1 amide bonds. The summed E-state index contributed by atoms with van der Waals surface area (Å²) in [4.78, 5) is 19.2. The second kappa shape index (κ2) is 9.08. The Morgan fingerprint density at radius 3 is 2.61 bits per heavy atom. The van der Waals surface area contributed by atoms with Crippen LogP contribution >= 0.6 is 23.1 Å². The molecule has 0 aliphatic heterocycles. The first kappa shape index (κ1) is 18.8. The van der Waals surface area contributed by atoms with Gasteiger partial charge in [0.2, 0.25) is 5.91 Å². The molecular formula is C22H21N3OS2. The summed E-state index contributed by atoms with van der Waals surface area (Å²) < 4.78 is 2.03. The van der Waals surface area contributed by atoms with Crippen LogP contribution in [-0.4, -0.2) is 27.6 Å². The van der Waals surface area contributed by atoms with E-state index in [2.05, 4.69) is 22.4 Å². The van der Waals surface area contributed by atoms with Gasteiger partial charge < -0.3 is 5.32 Å². The van der Waals surface area contributed by atoms with Crippen LogP contribution in [0.5, 0.6) is 0 Å². The number of nitrogens with zero attached hydrogens (tertiary/aromatic N) is 2. The van der Waals surface area contributed by atoms with Crippen LogP contribution in [0.1, 0.15) is 12.1 Å². The maximum atomic E-state index is 12.3. The molecule has 0 aliphatic carbocycles. The van der Waals surface area contributed by atoms with Crippen molar-refractivity contribution in [2.24, 2.45) is 0 Å². The summed E-state index contributed by atoms with van der Waals surface area (Å²) in [6.45, 7) is 0.700. The number of amides is 1. The van der Waals surface area contributed by atoms with Crippen molar-refractivity contribution < 1.29 is 4.79 Å². The molecule has 0 atom stereocenters. The largest absolute Gasteiger partial charge is 0.356 e. The van der Waals surface area contributed by atoms with Crippen LogP contribution in [0.15, 0.2) is 77.1 Å². The second-order valence-electron chi connectivity index (χ2n) is 6.41. The summed E-state index contributed by atoms with van der Waals surface area (Å²) in [5.74, 6) is 1.05. The number of aromatic nitrogens is 2. The lowest BCUT2D eigenvalue weighted by molar-refractivity contribution is -0.120. The maximum absolute atomic E-state index is 12.3.